The van der Waals surface area contributed by atoms with E-state index in [0.29, 0.717) is 6.10 Å². The molecule has 0 N–H and O–H groups in total. The second kappa shape index (κ2) is 7.94. The first-order chi connectivity index (χ1) is 8.26. The highest BCUT2D eigenvalue weighted by molar-refractivity contribution is 5.49. The van der Waals surface area contributed by atoms with Gasteiger partial charge in [-0.3, -0.25) is 0 Å². The van der Waals surface area contributed by atoms with Gasteiger partial charge in [0.15, 0.2) is 0 Å². The summed E-state index contributed by atoms with van der Waals surface area (Å²) in [6.45, 7) is 8.15. The second-order valence-corrected chi connectivity index (χ2v) is 4.55. The Morgan fingerprint density at radius 3 is 2.82 bits per heavy atom. The predicted octanol–water partition coefficient (Wildman–Crippen LogP) is 5.07. The van der Waals surface area contributed by atoms with Gasteiger partial charge in [0.25, 0.3) is 0 Å². The summed E-state index contributed by atoms with van der Waals surface area (Å²) < 4.78 is 5.89. The van der Waals surface area contributed by atoms with Crippen molar-refractivity contribution in [1.29, 1.82) is 0 Å². The SMILES string of the molecule is C=Cc1cccc(OC(C)CCCCCC)c1. The third-order valence-corrected chi connectivity index (χ3v) is 2.90. The van der Waals surface area contributed by atoms with E-state index in [9.17, 15) is 0 Å². The largest absolute Gasteiger partial charge is 0.491 e. The van der Waals surface area contributed by atoms with Crippen LogP contribution >= 0.6 is 0 Å². The van der Waals surface area contributed by atoms with E-state index >= 15 is 0 Å². The van der Waals surface area contributed by atoms with Crippen molar-refractivity contribution in [3.63, 3.8) is 0 Å². The summed E-state index contributed by atoms with van der Waals surface area (Å²) in [4.78, 5) is 0. The van der Waals surface area contributed by atoms with Crippen LogP contribution in [0.4, 0.5) is 0 Å². The maximum Gasteiger partial charge on any atom is 0.120 e. The average molecular weight is 232 g/mol. The molecule has 0 bridgehead atoms. The molecule has 0 aromatic heterocycles. The Morgan fingerprint density at radius 2 is 2.12 bits per heavy atom. The Kier molecular flexibility index (Phi) is 6.46. The van der Waals surface area contributed by atoms with E-state index in [1.54, 1.807) is 0 Å². The van der Waals surface area contributed by atoms with E-state index < -0.39 is 0 Å². The van der Waals surface area contributed by atoms with Crippen molar-refractivity contribution in [3.05, 3.63) is 36.4 Å². The van der Waals surface area contributed by atoms with Crippen molar-refractivity contribution in [2.45, 2.75) is 52.1 Å². The Hall–Kier alpha value is -1.24. The highest BCUT2D eigenvalue weighted by Crippen LogP contribution is 2.17. The van der Waals surface area contributed by atoms with Crippen molar-refractivity contribution in [2.24, 2.45) is 0 Å². The van der Waals surface area contributed by atoms with Gasteiger partial charge in [0, 0.05) is 0 Å². The number of benzene rings is 1. The van der Waals surface area contributed by atoms with Crippen LogP contribution < -0.4 is 4.74 Å². The highest BCUT2D eigenvalue weighted by atomic mass is 16.5. The summed E-state index contributed by atoms with van der Waals surface area (Å²) in [5.41, 5.74) is 1.11. The number of hydrogen-bond acceptors (Lipinski definition) is 1. The number of hydrogen-bond donors (Lipinski definition) is 0. The van der Waals surface area contributed by atoms with Gasteiger partial charge in [-0.15, -0.1) is 0 Å². The zero-order valence-corrected chi connectivity index (χ0v) is 11.1. The molecule has 1 aromatic rings. The average Bonchev–Trinajstić information content (AvgIpc) is 2.35. The minimum Gasteiger partial charge on any atom is -0.491 e. The molecule has 94 valence electrons. The van der Waals surface area contributed by atoms with Crippen LogP contribution in [-0.4, -0.2) is 6.10 Å². The van der Waals surface area contributed by atoms with Crippen LogP contribution in [0.5, 0.6) is 5.75 Å². The van der Waals surface area contributed by atoms with Crippen LogP contribution in [0.15, 0.2) is 30.8 Å². The van der Waals surface area contributed by atoms with E-state index in [1.165, 1.54) is 25.7 Å². The molecule has 0 amide bonds. The Morgan fingerprint density at radius 1 is 1.29 bits per heavy atom. The van der Waals surface area contributed by atoms with Gasteiger partial charge in [-0.05, 0) is 37.5 Å². The van der Waals surface area contributed by atoms with E-state index in [1.807, 2.05) is 30.3 Å². The fraction of sp³-hybridized carbons (Fsp3) is 0.500. The maximum absolute atomic E-state index is 5.89. The lowest BCUT2D eigenvalue weighted by Crippen LogP contribution is -2.11. The van der Waals surface area contributed by atoms with Crippen molar-refractivity contribution in [2.75, 3.05) is 0 Å². The molecule has 1 atom stereocenters. The summed E-state index contributed by atoms with van der Waals surface area (Å²) in [6.07, 6.45) is 8.48. The summed E-state index contributed by atoms with van der Waals surface area (Å²) >= 11 is 0. The van der Waals surface area contributed by atoms with Crippen LogP contribution in [0.3, 0.4) is 0 Å². The summed E-state index contributed by atoms with van der Waals surface area (Å²) in [6, 6.07) is 8.09. The fourth-order valence-corrected chi connectivity index (χ4v) is 1.86. The van der Waals surface area contributed by atoms with Gasteiger partial charge in [0.1, 0.15) is 5.75 Å². The molecular weight excluding hydrogens is 208 g/mol. The molecule has 0 fully saturated rings. The van der Waals surface area contributed by atoms with Gasteiger partial charge >= 0.3 is 0 Å². The molecule has 0 saturated carbocycles. The number of rotatable bonds is 8. The summed E-state index contributed by atoms with van der Waals surface area (Å²) in [7, 11) is 0. The molecule has 17 heavy (non-hydrogen) atoms. The van der Waals surface area contributed by atoms with Crippen LogP contribution in [0, 0.1) is 0 Å². The Labute approximate surface area is 106 Å². The molecule has 1 heteroatoms. The normalized spacial score (nSPS) is 12.1. The summed E-state index contributed by atoms with van der Waals surface area (Å²) in [5.74, 6) is 0.949. The summed E-state index contributed by atoms with van der Waals surface area (Å²) in [5, 5.41) is 0. The molecular formula is C16H24O. The van der Waals surface area contributed by atoms with Gasteiger partial charge in [-0.1, -0.05) is 51.0 Å². The maximum atomic E-state index is 5.89. The van der Waals surface area contributed by atoms with E-state index in [2.05, 4.69) is 20.4 Å². The predicted molar refractivity (Wildman–Crippen MR) is 75.4 cm³/mol. The van der Waals surface area contributed by atoms with Gasteiger partial charge in [0.05, 0.1) is 6.10 Å². The van der Waals surface area contributed by atoms with Gasteiger partial charge in [-0.25, -0.2) is 0 Å². The molecule has 1 rings (SSSR count). The second-order valence-electron chi connectivity index (χ2n) is 4.55. The van der Waals surface area contributed by atoms with Crippen LogP contribution in [-0.2, 0) is 0 Å². The first-order valence-electron chi connectivity index (χ1n) is 6.65. The number of unbranched alkanes of at least 4 members (excludes halogenated alkanes) is 3. The van der Waals surface area contributed by atoms with Gasteiger partial charge < -0.3 is 4.74 Å². The fourth-order valence-electron chi connectivity index (χ4n) is 1.86. The zero-order chi connectivity index (χ0) is 12.5. The first kappa shape index (κ1) is 13.8. The molecule has 0 aliphatic carbocycles. The standard InChI is InChI=1S/C16H24O/c1-4-6-7-8-10-14(3)17-16-12-9-11-15(5-2)13-16/h5,9,11-14H,2,4,6-8,10H2,1,3H3. The molecule has 0 spiro atoms. The van der Waals surface area contributed by atoms with Crippen LogP contribution in [0.1, 0.15) is 51.5 Å². The quantitative estimate of drug-likeness (QED) is 0.569. The molecule has 0 aliphatic rings. The van der Waals surface area contributed by atoms with E-state index in [0.717, 1.165) is 17.7 Å². The lowest BCUT2D eigenvalue weighted by Gasteiger charge is -2.14. The van der Waals surface area contributed by atoms with Crippen molar-refractivity contribution in [1.82, 2.24) is 0 Å². The topological polar surface area (TPSA) is 9.23 Å². The lowest BCUT2D eigenvalue weighted by molar-refractivity contribution is 0.206. The molecule has 0 saturated heterocycles. The molecule has 0 aliphatic heterocycles. The Balaban J connectivity index is 2.33. The molecule has 1 aromatic carbocycles. The van der Waals surface area contributed by atoms with Crippen LogP contribution in [0.2, 0.25) is 0 Å². The third-order valence-electron chi connectivity index (χ3n) is 2.90. The van der Waals surface area contributed by atoms with Gasteiger partial charge in [0.2, 0.25) is 0 Å². The van der Waals surface area contributed by atoms with Crippen molar-refractivity contribution >= 4 is 6.08 Å². The zero-order valence-electron chi connectivity index (χ0n) is 11.1. The van der Waals surface area contributed by atoms with Gasteiger partial charge in [-0.2, -0.15) is 0 Å². The monoisotopic (exact) mass is 232 g/mol. The third kappa shape index (κ3) is 5.58. The smallest absolute Gasteiger partial charge is 0.120 e. The molecule has 1 nitrogen and oxygen atoms in total. The highest BCUT2D eigenvalue weighted by Gasteiger charge is 2.03. The van der Waals surface area contributed by atoms with E-state index in [-0.39, 0.29) is 0 Å². The van der Waals surface area contributed by atoms with E-state index in [4.69, 9.17) is 4.74 Å². The van der Waals surface area contributed by atoms with Crippen molar-refractivity contribution < 1.29 is 4.74 Å². The Bertz CT molecular complexity index is 330. The lowest BCUT2D eigenvalue weighted by atomic mass is 10.1. The number of ether oxygens (including phenoxy) is 1. The molecule has 1 unspecified atom stereocenters. The molecule has 0 heterocycles. The van der Waals surface area contributed by atoms with Crippen molar-refractivity contribution in [3.8, 4) is 5.75 Å². The first-order valence-corrected chi connectivity index (χ1v) is 6.65. The molecule has 0 radical (unpaired) electrons. The minimum absolute atomic E-state index is 0.298. The van der Waals surface area contributed by atoms with Crippen LogP contribution in [0.25, 0.3) is 6.08 Å². The minimum atomic E-state index is 0.298.